The molecule has 0 saturated heterocycles. The maximum atomic E-state index is 11.8. The number of halogens is 2. The molecule has 96 valence electrons. The predicted molar refractivity (Wildman–Crippen MR) is 81.8 cm³/mol. The Kier molecular flexibility index (Phi) is 3.78. The monoisotopic (exact) mass is 381 g/mol. The summed E-state index contributed by atoms with van der Waals surface area (Å²) in [4.78, 5) is 14.4. The molecule has 0 fully saturated rings. The van der Waals surface area contributed by atoms with E-state index < -0.39 is 5.56 Å². The van der Waals surface area contributed by atoms with Crippen LogP contribution in [0, 0.1) is 18.3 Å². The lowest BCUT2D eigenvalue weighted by molar-refractivity contribution is 1.13. The van der Waals surface area contributed by atoms with E-state index in [9.17, 15) is 4.79 Å². The van der Waals surface area contributed by atoms with Gasteiger partial charge in [-0.25, -0.2) is 0 Å². The summed E-state index contributed by atoms with van der Waals surface area (Å²) < 4.78 is 1.52. The molecule has 0 aliphatic carbocycles. The molecule has 6 heteroatoms. The molecule has 1 heterocycles. The summed E-state index contributed by atoms with van der Waals surface area (Å²) >= 11 is 6.73. The van der Waals surface area contributed by atoms with E-state index >= 15 is 0 Å². The van der Waals surface area contributed by atoms with Crippen LogP contribution in [0.3, 0.4) is 0 Å². The number of hydrogen-bond donors (Lipinski definition) is 2. The van der Waals surface area contributed by atoms with E-state index in [-0.39, 0.29) is 5.56 Å². The van der Waals surface area contributed by atoms with Crippen molar-refractivity contribution < 1.29 is 0 Å². The first-order valence-corrected chi connectivity index (χ1v) is 6.91. The molecule has 2 rings (SSSR count). The number of aryl methyl sites for hydroxylation is 1. The van der Waals surface area contributed by atoms with Gasteiger partial charge in [0.2, 0.25) is 0 Å². The minimum Gasteiger partial charge on any atom is -0.397 e. The van der Waals surface area contributed by atoms with Crippen LogP contribution in [-0.2, 0) is 0 Å². The highest BCUT2D eigenvalue weighted by molar-refractivity contribution is 9.11. The smallest absolute Gasteiger partial charge is 0.266 e. The highest BCUT2D eigenvalue weighted by Gasteiger charge is 2.14. The Morgan fingerprint density at radius 2 is 1.95 bits per heavy atom. The van der Waals surface area contributed by atoms with Crippen molar-refractivity contribution in [2.45, 2.75) is 6.92 Å². The van der Waals surface area contributed by atoms with Crippen LogP contribution in [-0.4, -0.2) is 4.98 Å². The number of H-pyrrole nitrogens is 1. The van der Waals surface area contributed by atoms with Crippen molar-refractivity contribution in [1.82, 2.24) is 4.98 Å². The minimum absolute atomic E-state index is 0.0577. The van der Waals surface area contributed by atoms with E-state index in [4.69, 9.17) is 11.0 Å². The largest absolute Gasteiger partial charge is 0.397 e. The van der Waals surface area contributed by atoms with Gasteiger partial charge in [0.1, 0.15) is 11.6 Å². The van der Waals surface area contributed by atoms with E-state index in [0.717, 1.165) is 4.47 Å². The van der Waals surface area contributed by atoms with Gasteiger partial charge in [0.25, 0.3) is 5.56 Å². The van der Waals surface area contributed by atoms with Crippen molar-refractivity contribution in [2.75, 3.05) is 5.73 Å². The number of nitriles is 1. The Balaban J connectivity index is 2.87. The average Bonchev–Trinajstić information content (AvgIpc) is 2.33. The van der Waals surface area contributed by atoms with Crippen LogP contribution in [0.2, 0.25) is 0 Å². The molecule has 0 saturated carbocycles. The SMILES string of the molecule is Cc1cc(-c2cc(Br)cc(Br)c2N)c(C#N)c(=O)[nH]1. The fourth-order valence-electron chi connectivity index (χ4n) is 1.82. The molecule has 0 atom stereocenters. The lowest BCUT2D eigenvalue weighted by Crippen LogP contribution is -2.13. The second-order valence-corrected chi connectivity index (χ2v) is 5.80. The summed E-state index contributed by atoms with van der Waals surface area (Å²) in [6, 6.07) is 7.26. The van der Waals surface area contributed by atoms with Gasteiger partial charge in [-0.2, -0.15) is 5.26 Å². The average molecular weight is 383 g/mol. The number of rotatable bonds is 1. The second-order valence-electron chi connectivity index (χ2n) is 4.03. The highest BCUT2D eigenvalue weighted by Crippen LogP contribution is 2.36. The molecular weight excluding hydrogens is 374 g/mol. The van der Waals surface area contributed by atoms with Gasteiger partial charge in [-0.1, -0.05) is 15.9 Å². The first kappa shape index (κ1) is 13.8. The van der Waals surface area contributed by atoms with E-state index in [1.165, 1.54) is 0 Å². The number of aromatic amines is 1. The quantitative estimate of drug-likeness (QED) is 0.742. The summed E-state index contributed by atoms with van der Waals surface area (Å²) in [5, 5.41) is 9.15. The maximum Gasteiger partial charge on any atom is 0.266 e. The Labute approximate surface area is 126 Å². The summed E-state index contributed by atoms with van der Waals surface area (Å²) in [5.41, 5.74) is 8.01. The van der Waals surface area contributed by atoms with E-state index in [1.54, 1.807) is 19.1 Å². The van der Waals surface area contributed by atoms with Crippen LogP contribution in [0.1, 0.15) is 11.3 Å². The summed E-state index contributed by atoms with van der Waals surface area (Å²) in [7, 11) is 0. The molecule has 0 aliphatic heterocycles. The fourth-order valence-corrected chi connectivity index (χ4v) is 3.04. The van der Waals surface area contributed by atoms with Gasteiger partial charge in [-0.3, -0.25) is 4.79 Å². The maximum absolute atomic E-state index is 11.8. The Morgan fingerprint density at radius 3 is 2.58 bits per heavy atom. The molecule has 4 nitrogen and oxygen atoms in total. The van der Waals surface area contributed by atoms with Gasteiger partial charge in [0.15, 0.2) is 0 Å². The Hall–Kier alpha value is -1.58. The summed E-state index contributed by atoms with van der Waals surface area (Å²) in [6.45, 7) is 1.76. The van der Waals surface area contributed by atoms with Gasteiger partial charge in [0, 0.05) is 25.8 Å². The lowest BCUT2D eigenvalue weighted by Gasteiger charge is -2.10. The third-order valence-electron chi connectivity index (χ3n) is 2.66. The van der Waals surface area contributed by atoms with Crippen LogP contribution in [0.15, 0.2) is 31.9 Å². The molecule has 1 aromatic heterocycles. The van der Waals surface area contributed by atoms with Gasteiger partial charge < -0.3 is 10.7 Å². The normalized spacial score (nSPS) is 10.2. The third kappa shape index (κ3) is 2.57. The lowest BCUT2D eigenvalue weighted by atomic mass is 9.99. The van der Waals surface area contributed by atoms with Crippen molar-refractivity contribution in [1.29, 1.82) is 5.26 Å². The minimum atomic E-state index is -0.409. The Bertz CT molecular complexity index is 760. The van der Waals surface area contributed by atoms with Gasteiger partial charge in [0.05, 0.1) is 5.69 Å². The molecular formula is C13H9Br2N3O. The van der Waals surface area contributed by atoms with E-state index in [0.29, 0.717) is 27.0 Å². The predicted octanol–water partition coefficient (Wildman–Crippen LogP) is 3.33. The second kappa shape index (κ2) is 5.19. The first-order valence-electron chi connectivity index (χ1n) is 5.33. The molecule has 2 aromatic rings. The first-order chi connectivity index (χ1) is 8.93. The van der Waals surface area contributed by atoms with Gasteiger partial charge in [-0.05, 0) is 41.1 Å². The molecule has 0 amide bonds. The number of pyridine rings is 1. The molecule has 0 spiro atoms. The number of hydrogen-bond acceptors (Lipinski definition) is 3. The zero-order valence-corrected chi connectivity index (χ0v) is 13.1. The zero-order chi connectivity index (χ0) is 14.2. The molecule has 1 aromatic carbocycles. The number of aromatic nitrogens is 1. The van der Waals surface area contributed by atoms with Gasteiger partial charge >= 0.3 is 0 Å². The van der Waals surface area contributed by atoms with Crippen molar-refractivity contribution in [2.24, 2.45) is 0 Å². The van der Waals surface area contributed by atoms with Crippen molar-refractivity contribution >= 4 is 37.5 Å². The standard InChI is InChI=1S/C13H9Br2N3O/c1-6-2-8(10(5-16)13(19)18-6)9-3-7(14)4-11(15)12(9)17/h2-4H,17H2,1H3,(H,18,19). The number of nitrogens with zero attached hydrogens (tertiary/aromatic N) is 1. The van der Waals surface area contributed by atoms with E-state index in [2.05, 4.69) is 36.8 Å². The van der Waals surface area contributed by atoms with Crippen molar-refractivity contribution in [3.63, 3.8) is 0 Å². The molecule has 3 N–H and O–H groups in total. The molecule has 19 heavy (non-hydrogen) atoms. The van der Waals surface area contributed by atoms with Crippen LogP contribution >= 0.6 is 31.9 Å². The summed E-state index contributed by atoms with van der Waals surface area (Å²) in [6.07, 6.45) is 0. The van der Waals surface area contributed by atoms with Crippen LogP contribution in [0.5, 0.6) is 0 Å². The fraction of sp³-hybridized carbons (Fsp3) is 0.0769. The topological polar surface area (TPSA) is 82.7 Å². The number of nitrogen functional groups attached to an aromatic ring is 1. The number of nitrogens with two attached hydrogens (primary N) is 1. The van der Waals surface area contributed by atoms with Crippen LogP contribution in [0.4, 0.5) is 5.69 Å². The van der Waals surface area contributed by atoms with Crippen LogP contribution < -0.4 is 11.3 Å². The molecule has 0 aliphatic rings. The zero-order valence-electron chi connectivity index (χ0n) is 9.92. The molecule has 0 radical (unpaired) electrons. The van der Waals surface area contributed by atoms with E-state index in [1.807, 2.05) is 12.1 Å². The highest BCUT2D eigenvalue weighted by atomic mass is 79.9. The van der Waals surface area contributed by atoms with Crippen molar-refractivity contribution in [3.05, 3.63) is 48.8 Å². The molecule has 0 unspecified atom stereocenters. The number of benzene rings is 1. The third-order valence-corrected chi connectivity index (χ3v) is 3.78. The number of anilines is 1. The summed E-state index contributed by atoms with van der Waals surface area (Å²) in [5.74, 6) is 0. The van der Waals surface area contributed by atoms with Crippen LogP contribution in [0.25, 0.3) is 11.1 Å². The Morgan fingerprint density at radius 1 is 1.26 bits per heavy atom. The van der Waals surface area contributed by atoms with Gasteiger partial charge in [-0.15, -0.1) is 0 Å². The van der Waals surface area contributed by atoms with Crippen molar-refractivity contribution in [3.8, 4) is 17.2 Å². The number of nitrogens with one attached hydrogen (secondary N) is 1. The molecule has 0 bridgehead atoms.